The maximum atomic E-state index is 13.6. The number of ether oxygens (including phenoxy) is 1. The van der Waals surface area contributed by atoms with E-state index in [4.69, 9.17) is 4.74 Å². The van der Waals surface area contributed by atoms with Gasteiger partial charge in [0.05, 0.1) is 20.9 Å². The van der Waals surface area contributed by atoms with E-state index in [0.717, 1.165) is 29.6 Å². The number of benzene rings is 2. The van der Waals surface area contributed by atoms with Gasteiger partial charge in [-0.3, -0.25) is 14.9 Å². The number of nitro groups is 1. The zero-order chi connectivity index (χ0) is 21.0. The van der Waals surface area contributed by atoms with Crippen LogP contribution in [0.2, 0.25) is 0 Å². The van der Waals surface area contributed by atoms with Crippen molar-refractivity contribution in [3.8, 4) is 0 Å². The largest absolute Gasteiger partial charge is 0.454 e. The van der Waals surface area contributed by atoms with Crippen molar-refractivity contribution >= 4 is 40.5 Å². The van der Waals surface area contributed by atoms with Crippen molar-refractivity contribution in [2.45, 2.75) is 16.2 Å². The van der Waals surface area contributed by atoms with Crippen molar-refractivity contribution in [3.05, 3.63) is 80.6 Å². The Morgan fingerprint density at radius 1 is 1.28 bits per heavy atom. The SMILES string of the molecule is Cc1csc(Sc2ccc(C(=O)OCC(=O)c3ccccc3F)cc2[N+](=O)[O-])n1. The molecule has 0 bridgehead atoms. The lowest BCUT2D eigenvalue weighted by molar-refractivity contribution is -0.387. The van der Waals surface area contributed by atoms with Crippen LogP contribution in [0.4, 0.5) is 10.1 Å². The maximum Gasteiger partial charge on any atom is 0.338 e. The number of carbonyl (C=O) groups is 2. The van der Waals surface area contributed by atoms with Gasteiger partial charge in [-0.1, -0.05) is 23.9 Å². The normalized spacial score (nSPS) is 10.6. The second-order valence-corrected chi connectivity index (χ2v) is 7.92. The molecule has 29 heavy (non-hydrogen) atoms. The quantitative estimate of drug-likeness (QED) is 0.231. The molecule has 3 rings (SSSR count). The fourth-order valence-electron chi connectivity index (χ4n) is 2.33. The number of thiazole rings is 1. The predicted octanol–water partition coefficient (Wildman–Crippen LogP) is 4.69. The van der Waals surface area contributed by atoms with Gasteiger partial charge in [-0.25, -0.2) is 14.2 Å². The van der Waals surface area contributed by atoms with Crippen molar-refractivity contribution in [3.63, 3.8) is 0 Å². The molecule has 0 fully saturated rings. The molecule has 0 radical (unpaired) electrons. The van der Waals surface area contributed by atoms with Crippen molar-refractivity contribution in [1.82, 2.24) is 4.98 Å². The first kappa shape index (κ1) is 20.6. The summed E-state index contributed by atoms with van der Waals surface area (Å²) in [7, 11) is 0. The van der Waals surface area contributed by atoms with Gasteiger partial charge in [-0.15, -0.1) is 11.3 Å². The van der Waals surface area contributed by atoms with E-state index in [1.807, 2.05) is 12.3 Å². The zero-order valence-electron chi connectivity index (χ0n) is 15.0. The molecule has 0 aliphatic rings. The highest BCUT2D eigenvalue weighted by Crippen LogP contribution is 2.36. The van der Waals surface area contributed by atoms with Gasteiger partial charge in [0.2, 0.25) is 5.78 Å². The molecule has 0 amide bonds. The molecule has 0 aliphatic carbocycles. The van der Waals surface area contributed by atoms with Crippen molar-refractivity contribution in [2.24, 2.45) is 0 Å². The van der Waals surface area contributed by atoms with Crippen LogP contribution in [0.25, 0.3) is 0 Å². The highest BCUT2D eigenvalue weighted by molar-refractivity contribution is 8.01. The molecular formula is C19H13FN2O5S2. The van der Waals surface area contributed by atoms with Gasteiger partial charge in [0.25, 0.3) is 5.69 Å². The van der Waals surface area contributed by atoms with Gasteiger partial charge in [-0.2, -0.15) is 0 Å². The van der Waals surface area contributed by atoms with Crippen LogP contribution in [0.3, 0.4) is 0 Å². The predicted molar refractivity (Wildman–Crippen MR) is 105 cm³/mol. The van der Waals surface area contributed by atoms with Crippen LogP contribution in [0.15, 0.2) is 57.1 Å². The van der Waals surface area contributed by atoms with E-state index in [2.05, 4.69) is 4.98 Å². The van der Waals surface area contributed by atoms with Crippen LogP contribution in [-0.4, -0.2) is 28.3 Å². The van der Waals surface area contributed by atoms with Crippen LogP contribution >= 0.6 is 23.1 Å². The van der Waals surface area contributed by atoms with Gasteiger partial charge >= 0.3 is 5.97 Å². The van der Waals surface area contributed by atoms with Gasteiger partial charge in [0.15, 0.2) is 10.9 Å². The Kier molecular flexibility index (Phi) is 6.35. The number of carbonyl (C=O) groups excluding carboxylic acids is 2. The number of ketones is 1. The Morgan fingerprint density at radius 2 is 2.03 bits per heavy atom. The minimum atomic E-state index is -0.917. The lowest BCUT2D eigenvalue weighted by Gasteiger charge is -2.06. The van der Waals surface area contributed by atoms with Gasteiger partial charge in [0.1, 0.15) is 5.82 Å². The Labute approximate surface area is 172 Å². The average Bonchev–Trinajstić information content (AvgIpc) is 3.11. The summed E-state index contributed by atoms with van der Waals surface area (Å²) in [4.78, 5) is 39.6. The molecule has 3 aromatic rings. The molecule has 0 atom stereocenters. The Morgan fingerprint density at radius 3 is 2.69 bits per heavy atom. The van der Waals surface area contributed by atoms with Crippen molar-refractivity contribution < 1.29 is 23.6 Å². The van der Waals surface area contributed by atoms with Crippen molar-refractivity contribution in [1.29, 1.82) is 0 Å². The fourth-order valence-corrected chi connectivity index (χ4v) is 4.20. The number of esters is 1. The number of hydrogen-bond donors (Lipinski definition) is 0. The summed E-state index contributed by atoms with van der Waals surface area (Å²) in [6.07, 6.45) is 0. The number of rotatable bonds is 7. The third-order valence-corrected chi connectivity index (χ3v) is 5.82. The number of Topliss-reactive ketones (excluding diaryl/α,β-unsaturated/α-hetero) is 1. The summed E-state index contributed by atoms with van der Waals surface area (Å²) >= 11 is 2.47. The molecule has 0 saturated heterocycles. The topological polar surface area (TPSA) is 99.4 Å². The first-order chi connectivity index (χ1) is 13.8. The summed E-state index contributed by atoms with van der Waals surface area (Å²) in [6, 6.07) is 9.20. The zero-order valence-corrected chi connectivity index (χ0v) is 16.6. The van der Waals surface area contributed by atoms with Gasteiger partial charge in [0, 0.05) is 17.1 Å². The number of aromatic nitrogens is 1. The molecule has 1 heterocycles. The van der Waals surface area contributed by atoms with E-state index in [9.17, 15) is 24.1 Å². The number of aryl methyl sites for hydroxylation is 1. The van der Waals surface area contributed by atoms with E-state index in [0.29, 0.717) is 9.24 Å². The standard InChI is InChI=1S/C19H13FN2O5S2/c1-11-10-28-19(21-11)29-17-7-6-12(8-15(17)22(25)26)18(24)27-9-16(23)13-4-2-3-5-14(13)20/h2-8,10H,9H2,1H3. The smallest absolute Gasteiger partial charge is 0.338 e. The Bertz CT molecular complexity index is 1100. The summed E-state index contributed by atoms with van der Waals surface area (Å²) in [5.41, 5.74) is 0.243. The van der Waals surface area contributed by atoms with Crippen LogP contribution in [-0.2, 0) is 4.74 Å². The van der Waals surface area contributed by atoms with Gasteiger partial charge < -0.3 is 4.74 Å². The lowest BCUT2D eigenvalue weighted by Crippen LogP contribution is -2.15. The third-order valence-electron chi connectivity index (χ3n) is 3.70. The first-order valence-electron chi connectivity index (χ1n) is 8.18. The van der Waals surface area contributed by atoms with Crippen molar-refractivity contribution in [2.75, 3.05) is 6.61 Å². The first-order valence-corrected chi connectivity index (χ1v) is 9.88. The summed E-state index contributed by atoms with van der Waals surface area (Å²) in [6.45, 7) is 1.14. The molecule has 1 aromatic heterocycles. The van der Waals surface area contributed by atoms with E-state index >= 15 is 0 Å². The molecule has 0 aliphatic heterocycles. The minimum Gasteiger partial charge on any atom is -0.454 e. The monoisotopic (exact) mass is 432 g/mol. The van der Waals surface area contributed by atoms with E-state index in [1.165, 1.54) is 41.7 Å². The molecule has 7 nitrogen and oxygen atoms in total. The third kappa shape index (κ3) is 5.04. The minimum absolute atomic E-state index is 0.0855. The Hall–Kier alpha value is -3.11. The van der Waals surface area contributed by atoms with Crippen LogP contribution < -0.4 is 0 Å². The summed E-state index contributed by atoms with van der Waals surface area (Å²) < 4.78 is 19.1. The maximum absolute atomic E-state index is 13.6. The number of hydrogen-bond acceptors (Lipinski definition) is 8. The van der Waals surface area contributed by atoms with E-state index in [1.54, 1.807) is 0 Å². The molecular weight excluding hydrogens is 419 g/mol. The molecule has 2 aromatic carbocycles. The number of nitrogens with zero attached hydrogens (tertiary/aromatic N) is 2. The van der Waals surface area contributed by atoms with Crippen LogP contribution in [0.5, 0.6) is 0 Å². The van der Waals surface area contributed by atoms with Crippen LogP contribution in [0.1, 0.15) is 26.4 Å². The second kappa shape index (κ2) is 8.93. The molecule has 0 saturated carbocycles. The van der Waals surface area contributed by atoms with Crippen LogP contribution in [0, 0.1) is 22.9 Å². The number of halogens is 1. The lowest BCUT2D eigenvalue weighted by atomic mass is 10.1. The van der Waals surface area contributed by atoms with E-state index < -0.39 is 29.1 Å². The Balaban J connectivity index is 1.73. The number of nitro benzene ring substituents is 1. The molecule has 0 unspecified atom stereocenters. The van der Waals surface area contributed by atoms with Gasteiger partial charge in [-0.05, 0) is 31.2 Å². The molecule has 10 heteroatoms. The highest BCUT2D eigenvalue weighted by Gasteiger charge is 2.21. The molecule has 0 spiro atoms. The summed E-state index contributed by atoms with van der Waals surface area (Å²) in [5, 5.41) is 13.2. The average molecular weight is 432 g/mol. The fraction of sp³-hybridized carbons (Fsp3) is 0.105. The molecule has 148 valence electrons. The van der Waals surface area contributed by atoms with E-state index in [-0.39, 0.29) is 16.8 Å². The highest BCUT2D eigenvalue weighted by atomic mass is 32.2. The second-order valence-electron chi connectivity index (χ2n) is 5.78. The summed E-state index contributed by atoms with van der Waals surface area (Å²) in [5.74, 6) is -2.35. The molecule has 0 N–H and O–H groups in total.